The van der Waals surface area contributed by atoms with Crippen LogP contribution in [0.25, 0.3) is 5.76 Å². The van der Waals surface area contributed by atoms with Gasteiger partial charge in [-0.1, -0.05) is 41.9 Å². The molecule has 2 fully saturated rings. The number of rotatable bonds is 5. The van der Waals surface area contributed by atoms with E-state index < -0.39 is 17.7 Å². The number of aliphatic hydroxyl groups excluding tert-OH is 1. The first kappa shape index (κ1) is 20.6. The molecule has 1 amide bonds. The molecule has 1 atom stereocenters. The molecule has 2 aromatic carbocycles. The fraction of sp³-hybridized carbons (Fsp3) is 0.304. The van der Waals surface area contributed by atoms with Crippen LogP contribution in [-0.2, 0) is 9.59 Å². The molecule has 6 nitrogen and oxygen atoms in total. The van der Waals surface area contributed by atoms with Crippen LogP contribution in [0, 0.1) is 0 Å². The Morgan fingerprint density at radius 1 is 1.00 bits per heavy atom. The third kappa shape index (κ3) is 4.12. The number of Topliss-reactive ketones (excluding diaryl/α,β-unsaturated/α-hetero) is 1. The molecule has 2 aromatic rings. The molecule has 4 rings (SSSR count). The molecule has 2 aliphatic rings. The fourth-order valence-electron chi connectivity index (χ4n) is 4.04. The summed E-state index contributed by atoms with van der Waals surface area (Å²) in [4.78, 5) is 29.8. The molecule has 30 heavy (non-hydrogen) atoms. The Morgan fingerprint density at radius 2 is 1.67 bits per heavy atom. The first-order valence-electron chi connectivity index (χ1n) is 10.1. The fourth-order valence-corrected chi connectivity index (χ4v) is 4.17. The summed E-state index contributed by atoms with van der Waals surface area (Å²) in [6, 6.07) is 15.3. The van der Waals surface area contributed by atoms with Crippen LogP contribution in [0.2, 0.25) is 5.02 Å². The molecular weight excluding hydrogens is 402 g/mol. The van der Waals surface area contributed by atoms with E-state index in [0.717, 1.165) is 31.7 Å². The second kappa shape index (κ2) is 9.00. The van der Waals surface area contributed by atoms with Crippen molar-refractivity contribution < 1.29 is 14.7 Å². The molecule has 0 radical (unpaired) electrons. The highest BCUT2D eigenvalue weighted by Crippen LogP contribution is 2.39. The summed E-state index contributed by atoms with van der Waals surface area (Å²) in [5.41, 5.74) is 1.38. The minimum Gasteiger partial charge on any atom is -0.507 e. The van der Waals surface area contributed by atoms with Gasteiger partial charge in [0.05, 0.1) is 11.6 Å². The van der Waals surface area contributed by atoms with E-state index in [1.807, 2.05) is 30.3 Å². The van der Waals surface area contributed by atoms with Gasteiger partial charge in [-0.25, -0.2) is 0 Å². The number of likely N-dealkylation sites (tertiary alicyclic amines) is 1. The first-order valence-corrected chi connectivity index (χ1v) is 10.5. The van der Waals surface area contributed by atoms with Crippen molar-refractivity contribution in [2.24, 2.45) is 0 Å². The smallest absolute Gasteiger partial charge is 0.295 e. The maximum atomic E-state index is 13.0. The molecule has 2 saturated heterocycles. The topological polar surface area (TPSA) is 72.9 Å². The minimum atomic E-state index is -0.656. The number of carbonyl (C=O) groups excluding carboxylic acids is 2. The average molecular weight is 426 g/mol. The van der Waals surface area contributed by atoms with Gasteiger partial charge in [0.2, 0.25) is 0 Å². The van der Waals surface area contributed by atoms with Crippen molar-refractivity contribution in [1.82, 2.24) is 15.1 Å². The largest absolute Gasteiger partial charge is 0.507 e. The number of hydrogen-bond donors (Lipinski definition) is 2. The van der Waals surface area contributed by atoms with Gasteiger partial charge in [0.25, 0.3) is 11.7 Å². The molecule has 0 spiro atoms. The number of benzene rings is 2. The van der Waals surface area contributed by atoms with Crippen molar-refractivity contribution in [3.05, 3.63) is 76.3 Å². The van der Waals surface area contributed by atoms with Crippen LogP contribution in [0.3, 0.4) is 0 Å². The monoisotopic (exact) mass is 425 g/mol. The normalized spacial score (nSPS) is 21.9. The van der Waals surface area contributed by atoms with Gasteiger partial charge in [0.1, 0.15) is 5.76 Å². The van der Waals surface area contributed by atoms with Gasteiger partial charge >= 0.3 is 0 Å². The quantitative estimate of drug-likeness (QED) is 0.437. The van der Waals surface area contributed by atoms with Gasteiger partial charge in [-0.3, -0.25) is 14.5 Å². The van der Waals surface area contributed by atoms with Gasteiger partial charge in [-0.2, -0.15) is 0 Å². The van der Waals surface area contributed by atoms with E-state index in [1.54, 1.807) is 29.2 Å². The lowest BCUT2D eigenvalue weighted by atomic mass is 9.95. The van der Waals surface area contributed by atoms with Crippen molar-refractivity contribution in [1.29, 1.82) is 0 Å². The lowest BCUT2D eigenvalue weighted by Crippen LogP contribution is -2.46. The van der Waals surface area contributed by atoms with Gasteiger partial charge < -0.3 is 15.3 Å². The van der Waals surface area contributed by atoms with E-state index in [1.165, 1.54) is 0 Å². The van der Waals surface area contributed by atoms with Crippen LogP contribution in [0.15, 0.2) is 60.2 Å². The highest BCUT2D eigenvalue weighted by atomic mass is 35.5. The van der Waals surface area contributed by atoms with Gasteiger partial charge in [-0.05, 0) is 29.8 Å². The summed E-state index contributed by atoms with van der Waals surface area (Å²) < 4.78 is 0. The van der Waals surface area contributed by atoms with E-state index in [2.05, 4.69) is 10.2 Å². The third-order valence-corrected chi connectivity index (χ3v) is 5.89. The number of aliphatic hydroxyl groups is 1. The summed E-state index contributed by atoms with van der Waals surface area (Å²) in [5, 5.41) is 14.8. The minimum absolute atomic E-state index is 0.119. The molecule has 0 aromatic heterocycles. The number of ketones is 1. The lowest BCUT2D eigenvalue weighted by Gasteiger charge is -2.31. The van der Waals surface area contributed by atoms with E-state index in [4.69, 9.17) is 11.6 Å². The molecule has 156 valence electrons. The zero-order chi connectivity index (χ0) is 21.1. The van der Waals surface area contributed by atoms with Crippen molar-refractivity contribution in [2.75, 3.05) is 39.3 Å². The number of halogens is 1. The molecule has 0 aliphatic carbocycles. The maximum absolute atomic E-state index is 13.0. The second-order valence-electron chi connectivity index (χ2n) is 7.50. The second-order valence-corrected chi connectivity index (χ2v) is 7.94. The summed E-state index contributed by atoms with van der Waals surface area (Å²) in [5.74, 6) is -1.41. The zero-order valence-electron chi connectivity index (χ0n) is 16.6. The SMILES string of the molecule is O=C1C(=O)N(CCN2CCNCC2)C(c2ccccc2)C1=C(O)c1ccc(Cl)cc1. The van der Waals surface area contributed by atoms with Crippen molar-refractivity contribution in [3.63, 3.8) is 0 Å². The van der Waals surface area contributed by atoms with Crippen molar-refractivity contribution in [3.8, 4) is 0 Å². The van der Waals surface area contributed by atoms with Crippen LogP contribution < -0.4 is 5.32 Å². The zero-order valence-corrected chi connectivity index (χ0v) is 17.3. The number of hydrogen-bond acceptors (Lipinski definition) is 5. The van der Waals surface area contributed by atoms with Gasteiger partial charge in [-0.15, -0.1) is 0 Å². The number of carbonyl (C=O) groups is 2. The Morgan fingerprint density at radius 3 is 2.33 bits per heavy atom. The lowest BCUT2D eigenvalue weighted by molar-refractivity contribution is -0.140. The van der Waals surface area contributed by atoms with Crippen molar-refractivity contribution >= 4 is 29.1 Å². The van der Waals surface area contributed by atoms with Crippen LogP contribution in [0.5, 0.6) is 0 Å². The Bertz CT molecular complexity index is 953. The summed E-state index contributed by atoms with van der Waals surface area (Å²) in [6.45, 7) is 4.74. The standard InChI is InChI=1S/C23H24ClN3O3/c24-18-8-6-17(7-9-18)21(28)19-20(16-4-2-1-3-5-16)27(23(30)22(19)29)15-14-26-12-10-25-11-13-26/h1-9,20,25,28H,10-15H2. The third-order valence-electron chi connectivity index (χ3n) is 5.64. The molecule has 2 heterocycles. The molecule has 2 aliphatic heterocycles. The van der Waals surface area contributed by atoms with E-state index in [9.17, 15) is 14.7 Å². The van der Waals surface area contributed by atoms with Gasteiger partial charge in [0, 0.05) is 49.9 Å². The maximum Gasteiger partial charge on any atom is 0.295 e. The molecule has 1 unspecified atom stereocenters. The summed E-state index contributed by atoms with van der Waals surface area (Å²) >= 11 is 5.95. The number of nitrogens with one attached hydrogen (secondary N) is 1. The summed E-state index contributed by atoms with van der Waals surface area (Å²) in [6.07, 6.45) is 0. The average Bonchev–Trinajstić information content (AvgIpc) is 3.04. The van der Waals surface area contributed by atoms with Crippen LogP contribution in [0.1, 0.15) is 17.2 Å². The number of amides is 1. The molecular formula is C23H24ClN3O3. The first-order chi connectivity index (χ1) is 14.6. The van der Waals surface area contributed by atoms with Crippen molar-refractivity contribution in [2.45, 2.75) is 6.04 Å². The van der Waals surface area contributed by atoms with E-state index in [-0.39, 0.29) is 11.3 Å². The highest BCUT2D eigenvalue weighted by Gasteiger charge is 2.45. The molecule has 2 N–H and O–H groups in total. The van der Waals surface area contributed by atoms with Crippen LogP contribution >= 0.6 is 11.6 Å². The van der Waals surface area contributed by atoms with Crippen LogP contribution in [0.4, 0.5) is 0 Å². The number of piperazine rings is 1. The number of nitrogens with zero attached hydrogens (tertiary/aromatic N) is 2. The molecule has 7 heteroatoms. The van der Waals surface area contributed by atoms with Gasteiger partial charge in [0.15, 0.2) is 0 Å². The Hall–Kier alpha value is -2.67. The summed E-state index contributed by atoms with van der Waals surface area (Å²) in [7, 11) is 0. The highest BCUT2D eigenvalue weighted by molar-refractivity contribution is 6.46. The predicted molar refractivity (Wildman–Crippen MR) is 116 cm³/mol. The Balaban J connectivity index is 1.71. The van der Waals surface area contributed by atoms with E-state index >= 15 is 0 Å². The molecule has 0 saturated carbocycles. The molecule has 0 bridgehead atoms. The van der Waals surface area contributed by atoms with Crippen LogP contribution in [-0.4, -0.2) is 65.9 Å². The predicted octanol–water partition coefficient (Wildman–Crippen LogP) is 2.67. The van der Waals surface area contributed by atoms with E-state index in [0.29, 0.717) is 23.7 Å². The Kier molecular flexibility index (Phi) is 6.18. The Labute approximate surface area is 180 Å².